The molecule has 0 bridgehead atoms. The van der Waals surface area contributed by atoms with E-state index in [1.54, 1.807) is 23.0 Å². The summed E-state index contributed by atoms with van der Waals surface area (Å²) >= 11 is 1.24. The number of rotatable bonds is 9. The number of anilines is 1. The molecule has 0 spiro atoms. The van der Waals surface area contributed by atoms with Gasteiger partial charge in [0, 0.05) is 22.8 Å². The first-order chi connectivity index (χ1) is 19.0. The third-order valence-electron chi connectivity index (χ3n) is 6.11. The van der Waals surface area contributed by atoms with E-state index >= 15 is 0 Å². The molecular formula is C23H21N7O9S. The molecule has 1 fully saturated rings. The molecule has 0 radical (unpaired) electrons. The summed E-state index contributed by atoms with van der Waals surface area (Å²) in [5.41, 5.74) is 3.76. The number of hydrogen-bond donors (Lipinski definition) is 3. The number of oxime groups is 1. The minimum atomic E-state index is -1.83. The van der Waals surface area contributed by atoms with E-state index in [9.17, 15) is 29.4 Å². The van der Waals surface area contributed by atoms with Crippen LogP contribution >= 0.6 is 11.8 Å². The highest BCUT2D eigenvalue weighted by Gasteiger charge is 2.53. The van der Waals surface area contributed by atoms with Gasteiger partial charge in [-0.15, -0.1) is 11.8 Å². The van der Waals surface area contributed by atoms with Crippen molar-refractivity contribution in [3.63, 3.8) is 0 Å². The van der Waals surface area contributed by atoms with E-state index in [-0.39, 0.29) is 18.0 Å². The maximum Gasteiger partial charge on any atom is 0.350 e. The average molecular weight is 572 g/mol. The molecule has 1 unspecified atom stereocenters. The van der Waals surface area contributed by atoms with E-state index in [1.807, 2.05) is 6.07 Å². The Morgan fingerprint density at radius 1 is 1.40 bits per heavy atom. The number of carboxylic acids is 2. The first-order valence-corrected chi connectivity index (χ1v) is 12.7. The van der Waals surface area contributed by atoms with Crippen molar-refractivity contribution >= 4 is 58.2 Å². The van der Waals surface area contributed by atoms with Gasteiger partial charge in [0.1, 0.15) is 11.4 Å². The number of thioether (sulfide) groups is 1. The summed E-state index contributed by atoms with van der Waals surface area (Å²) in [6.07, 6.45) is 5.01. The fraction of sp³-hybridized carbons (Fsp3) is 0.304. The summed E-state index contributed by atoms with van der Waals surface area (Å²) in [4.78, 5) is 59.4. The van der Waals surface area contributed by atoms with Gasteiger partial charge in [-0.3, -0.25) is 14.5 Å². The molecule has 5 heterocycles. The third-order valence-corrected chi connectivity index (χ3v) is 7.44. The highest BCUT2D eigenvalue weighted by molar-refractivity contribution is 8.00. The van der Waals surface area contributed by atoms with Crippen molar-refractivity contribution in [2.24, 2.45) is 5.16 Å². The Balaban J connectivity index is 1.36. The van der Waals surface area contributed by atoms with Gasteiger partial charge in [-0.2, -0.15) is 9.55 Å². The second kappa shape index (κ2) is 9.99. The number of nitrogens with one attached hydrogen (secondary N) is 1. The molecule has 3 aromatic rings. The Morgan fingerprint density at radius 2 is 2.17 bits per heavy atom. The number of pyridine rings is 1. The Hall–Kier alpha value is -4.93. The van der Waals surface area contributed by atoms with Crippen LogP contribution in [0, 0.1) is 0 Å². The van der Waals surface area contributed by atoms with Gasteiger partial charge in [-0.25, -0.2) is 4.79 Å². The first-order valence-electron chi connectivity index (χ1n) is 11.6. The van der Waals surface area contributed by atoms with Crippen LogP contribution in [-0.4, -0.2) is 72.4 Å². The molecule has 0 aliphatic carbocycles. The lowest BCUT2D eigenvalue weighted by Crippen LogP contribution is -2.71. The molecule has 2 aliphatic heterocycles. The van der Waals surface area contributed by atoms with Crippen molar-refractivity contribution in [3.05, 3.63) is 47.9 Å². The third kappa shape index (κ3) is 4.81. The molecular weight excluding hydrogens is 550 g/mol. The Bertz CT molecular complexity index is 1610. The van der Waals surface area contributed by atoms with Crippen LogP contribution in [0.1, 0.15) is 19.7 Å². The summed E-state index contributed by atoms with van der Waals surface area (Å²) in [5, 5.41) is 31.0. The Morgan fingerprint density at radius 3 is 2.85 bits per heavy atom. The van der Waals surface area contributed by atoms with Crippen LogP contribution < -0.4 is 20.7 Å². The van der Waals surface area contributed by atoms with Gasteiger partial charge in [0.05, 0.1) is 17.9 Å². The number of carbonyl (C=O) groups excluding carboxylic acids is 3. The van der Waals surface area contributed by atoms with E-state index in [2.05, 4.69) is 25.1 Å². The molecule has 16 nitrogen and oxygen atoms in total. The van der Waals surface area contributed by atoms with E-state index in [0.29, 0.717) is 11.2 Å². The SMILES string of the molecule is CC(C)(O/N=C(\C(=O)NC1C(=O)N2C(C(=O)[O-])=C(C[n+]3ccc4ccoc4c3)CS[C@H]12)c1noc(N)n1)C(=O)O. The zero-order valence-electron chi connectivity index (χ0n) is 20.9. The molecule has 2 atom stereocenters. The van der Waals surface area contributed by atoms with Crippen LogP contribution in [0.2, 0.25) is 0 Å². The number of nitrogens with two attached hydrogens (primary N) is 1. The number of hydrogen-bond acceptors (Lipinski definition) is 13. The van der Waals surface area contributed by atoms with Crippen molar-refractivity contribution in [2.75, 3.05) is 11.5 Å². The maximum atomic E-state index is 13.1. The second-order valence-electron chi connectivity index (χ2n) is 9.26. The number of β-lactam (4-membered cyclic amide) rings is 1. The van der Waals surface area contributed by atoms with Crippen molar-refractivity contribution in [1.29, 1.82) is 0 Å². The molecule has 1 saturated heterocycles. The van der Waals surface area contributed by atoms with Crippen molar-refractivity contribution in [2.45, 2.75) is 37.4 Å². The van der Waals surface area contributed by atoms with Crippen molar-refractivity contribution in [3.8, 4) is 0 Å². The van der Waals surface area contributed by atoms with Gasteiger partial charge in [-0.1, -0.05) is 10.3 Å². The smallest absolute Gasteiger partial charge is 0.350 e. The van der Waals surface area contributed by atoms with Gasteiger partial charge >= 0.3 is 12.0 Å². The van der Waals surface area contributed by atoms with Gasteiger partial charge < -0.3 is 39.8 Å². The monoisotopic (exact) mass is 571 g/mol. The lowest BCUT2D eigenvalue weighted by molar-refractivity contribution is -0.688. The Labute approximate surface area is 228 Å². The average Bonchev–Trinajstić information content (AvgIpc) is 3.55. The van der Waals surface area contributed by atoms with E-state index in [4.69, 9.17) is 15.0 Å². The molecule has 0 aromatic carbocycles. The van der Waals surface area contributed by atoms with Crippen LogP contribution in [-0.2, 0) is 30.6 Å². The normalized spacial score (nSPS) is 19.3. The highest BCUT2D eigenvalue weighted by atomic mass is 32.2. The zero-order chi connectivity index (χ0) is 28.8. The highest BCUT2D eigenvalue weighted by Crippen LogP contribution is 2.40. The lowest BCUT2D eigenvalue weighted by atomic mass is 10.0. The van der Waals surface area contributed by atoms with E-state index in [0.717, 1.165) is 10.3 Å². The van der Waals surface area contributed by atoms with Gasteiger partial charge in [-0.05, 0) is 19.9 Å². The fourth-order valence-electron chi connectivity index (χ4n) is 3.98. The number of carboxylic acid groups (broad SMARTS) is 2. The summed E-state index contributed by atoms with van der Waals surface area (Å²) in [5.74, 6) is -4.80. The number of furan rings is 1. The number of amides is 2. The zero-order valence-corrected chi connectivity index (χ0v) is 21.7. The quantitative estimate of drug-likeness (QED) is 0.113. The maximum absolute atomic E-state index is 13.1. The fourth-order valence-corrected chi connectivity index (χ4v) is 5.31. The molecule has 208 valence electrons. The summed E-state index contributed by atoms with van der Waals surface area (Å²) in [6.45, 7) is 2.55. The largest absolute Gasteiger partial charge is 0.543 e. The summed E-state index contributed by atoms with van der Waals surface area (Å²) in [6, 6.07) is 2.06. The molecule has 2 amide bonds. The van der Waals surface area contributed by atoms with Crippen molar-refractivity contribution < 1.29 is 47.7 Å². The molecule has 5 rings (SSSR count). The molecule has 17 heteroatoms. The van der Waals surface area contributed by atoms with Crippen LogP contribution in [0.3, 0.4) is 0 Å². The van der Waals surface area contributed by atoms with Crippen LogP contribution in [0.25, 0.3) is 11.0 Å². The summed E-state index contributed by atoms with van der Waals surface area (Å²) < 4.78 is 11.8. The first kappa shape index (κ1) is 26.7. The van der Waals surface area contributed by atoms with Crippen molar-refractivity contribution in [1.82, 2.24) is 20.4 Å². The lowest BCUT2D eigenvalue weighted by Gasteiger charge is -2.50. The topological polar surface area (TPSA) is 230 Å². The molecule has 2 aliphatic rings. The number of nitrogen functional groups attached to an aromatic ring is 1. The molecule has 0 saturated carbocycles. The van der Waals surface area contributed by atoms with Gasteiger partial charge in [0.15, 0.2) is 18.3 Å². The van der Waals surface area contributed by atoms with E-state index < -0.39 is 58.3 Å². The number of aliphatic carboxylic acids is 2. The van der Waals surface area contributed by atoms with Crippen LogP contribution in [0.5, 0.6) is 0 Å². The Kier molecular flexibility index (Phi) is 6.66. The predicted octanol–water partition coefficient (Wildman–Crippen LogP) is -1.63. The molecule has 4 N–H and O–H groups in total. The number of aromatic nitrogens is 3. The minimum Gasteiger partial charge on any atom is -0.543 e. The van der Waals surface area contributed by atoms with Crippen LogP contribution in [0.4, 0.5) is 6.01 Å². The van der Waals surface area contributed by atoms with E-state index in [1.165, 1.54) is 31.9 Å². The standard InChI is InChI=1S/C23H21N7O9S/c1-23(2,21(35)36)39-27-13(16-26-22(24)38-28-16)17(31)25-14-18(32)30-15(20(33)34)11(9-40-19(14)30)7-29-5-3-10-4-6-37-12(10)8-29/h3-6,8,14,19H,7,9H2,1-2H3,(H4-,24,25,26,28,31,33,34,35,36)/b27-13-/t14?,19-/m1/s1. The number of nitrogens with zero attached hydrogens (tertiary/aromatic N) is 5. The van der Waals surface area contributed by atoms with Gasteiger partial charge in [0.25, 0.3) is 11.8 Å². The number of fused-ring (bicyclic) bond motifs is 2. The van der Waals surface area contributed by atoms with Crippen LogP contribution in [0.15, 0.2) is 56.2 Å². The number of carbonyl (C=O) groups is 4. The molecule has 3 aromatic heterocycles. The molecule has 40 heavy (non-hydrogen) atoms. The summed E-state index contributed by atoms with van der Waals surface area (Å²) in [7, 11) is 0. The predicted molar refractivity (Wildman–Crippen MR) is 132 cm³/mol. The minimum absolute atomic E-state index is 0.160. The van der Waals surface area contributed by atoms with Gasteiger partial charge in [0.2, 0.25) is 23.3 Å². The second-order valence-corrected chi connectivity index (χ2v) is 10.4.